The van der Waals surface area contributed by atoms with Gasteiger partial charge in [0.25, 0.3) is 5.24 Å². The molecule has 1 fully saturated rings. The first kappa shape index (κ1) is 17.3. The minimum Gasteiger partial charge on any atom is -0.478 e. The number of nitrogens with zero attached hydrogens (tertiary/aromatic N) is 2. The van der Waals surface area contributed by atoms with E-state index in [-0.39, 0.29) is 10.8 Å². The average Bonchev–Trinajstić information content (AvgIpc) is 2.98. The van der Waals surface area contributed by atoms with Crippen molar-refractivity contribution in [3.8, 4) is 5.69 Å². The van der Waals surface area contributed by atoms with Crippen molar-refractivity contribution in [2.45, 2.75) is 20.1 Å². The van der Waals surface area contributed by atoms with Crippen LogP contribution in [0.4, 0.5) is 4.79 Å². The van der Waals surface area contributed by atoms with Gasteiger partial charge in [0, 0.05) is 23.3 Å². The quantitative estimate of drug-likeness (QED) is 0.880. The van der Waals surface area contributed by atoms with Gasteiger partial charge in [-0.15, -0.1) is 0 Å². The first-order valence-electron chi connectivity index (χ1n) is 7.67. The fourth-order valence-electron chi connectivity index (χ4n) is 2.93. The third-order valence-electron chi connectivity index (χ3n) is 4.26. The molecule has 0 bridgehead atoms. The van der Waals surface area contributed by atoms with Crippen molar-refractivity contribution in [3.63, 3.8) is 0 Å². The Kier molecular flexibility index (Phi) is 4.45. The normalized spacial score (nSPS) is 19.0. The SMILES string of the molecule is Cc1cc(/C=C2\SC(=O)N(C)C2O)c(C)n1-c1ccccc1C(=O)O. The second-order valence-corrected chi connectivity index (χ2v) is 6.91. The van der Waals surface area contributed by atoms with E-state index < -0.39 is 12.2 Å². The number of amides is 1. The summed E-state index contributed by atoms with van der Waals surface area (Å²) in [5.41, 5.74) is 3.35. The van der Waals surface area contributed by atoms with Crippen LogP contribution >= 0.6 is 11.8 Å². The van der Waals surface area contributed by atoms with Crippen LogP contribution in [-0.4, -0.2) is 44.2 Å². The highest BCUT2D eigenvalue weighted by molar-refractivity contribution is 8.17. The highest BCUT2D eigenvalue weighted by Gasteiger charge is 2.32. The lowest BCUT2D eigenvalue weighted by Crippen LogP contribution is -2.27. The topological polar surface area (TPSA) is 82.8 Å². The first-order valence-corrected chi connectivity index (χ1v) is 8.49. The van der Waals surface area contributed by atoms with Crippen LogP contribution < -0.4 is 0 Å². The minimum atomic E-state index is -0.989. The van der Waals surface area contributed by atoms with E-state index in [0.717, 1.165) is 28.7 Å². The maximum absolute atomic E-state index is 11.7. The summed E-state index contributed by atoms with van der Waals surface area (Å²) in [5.74, 6) is -0.989. The molecule has 2 aromatic rings. The van der Waals surface area contributed by atoms with E-state index >= 15 is 0 Å². The lowest BCUT2D eigenvalue weighted by atomic mass is 10.1. The van der Waals surface area contributed by atoms with Crippen molar-refractivity contribution in [1.82, 2.24) is 9.47 Å². The number of carbonyl (C=O) groups is 2. The number of hydrogen-bond acceptors (Lipinski definition) is 4. The summed E-state index contributed by atoms with van der Waals surface area (Å²) in [6.07, 6.45) is 0.825. The predicted octanol–water partition coefficient (Wildman–Crippen LogP) is 3.25. The van der Waals surface area contributed by atoms with Crippen LogP contribution in [0.2, 0.25) is 0 Å². The van der Waals surface area contributed by atoms with Crippen molar-refractivity contribution < 1.29 is 19.8 Å². The summed E-state index contributed by atoms with van der Waals surface area (Å²) in [4.78, 5) is 25.0. The van der Waals surface area contributed by atoms with E-state index in [0.29, 0.717) is 10.6 Å². The number of aryl methyl sites for hydroxylation is 1. The van der Waals surface area contributed by atoms with E-state index in [4.69, 9.17) is 0 Å². The summed E-state index contributed by atoms with van der Waals surface area (Å²) in [6.45, 7) is 3.78. The summed E-state index contributed by atoms with van der Waals surface area (Å²) < 4.78 is 1.87. The van der Waals surface area contributed by atoms with E-state index in [1.54, 1.807) is 37.4 Å². The van der Waals surface area contributed by atoms with Gasteiger partial charge in [-0.25, -0.2) is 4.79 Å². The van der Waals surface area contributed by atoms with Gasteiger partial charge in [-0.1, -0.05) is 12.1 Å². The summed E-state index contributed by atoms with van der Waals surface area (Å²) in [7, 11) is 1.55. The summed E-state index contributed by atoms with van der Waals surface area (Å²) in [5, 5.41) is 19.4. The molecule has 1 aromatic heterocycles. The Morgan fingerprint density at radius 2 is 1.96 bits per heavy atom. The second kappa shape index (κ2) is 6.42. The zero-order valence-electron chi connectivity index (χ0n) is 14.1. The molecule has 0 aliphatic carbocycles. The molecule has 0 spiro atoms. The van der Waals surface area contributed by atoms with E-state index in [9.17, 15) is 19.8 Å². The number of carbonyl (C=O) groups excluding carboxylic acids is 1. The van der Waals surface area contributed by atoms with Gasteiger partial charge in [-0.2, -0.15) is 0 Å². The van der Waals surface area contributed by atoms with Gasteiger partial charge in [-0.3, -0.25) is 4.79 Å². The van der Waals surface area contributed by atoms with E-state index in [2.05, 4.69) is 0 Å². The van der Waals surface area contributed by atoms with Crippen LogP contribution in [0.25, 0.3) is 11.8 Å². The number of benzene rings is 1. The Morgan fingerprint density at radius 1 is 1.28 bits per heavy atom. The van der Waals surface area contributed by atoms with Crippen molar-refractivity contribution >= 4 is 29.0 Å². The molecular formula is C18H18N2O4S. The Balaban J connectivity index is 2.10. The van der Waals surface area contributed by atoms with Crippen LogP contribution in [0.1, 0.15) is 27.3 Å². The molecule has 1 amide bonds. The Bertz CT molecular complexity index is 900. The highest BCUT2D eigenvalue weighted by Crippen LogP contribution is 2.35. The Morgan fingerprint density at radius 3 is 2.56 bits per heavy atom. The standard InChI is InChI=1S/C18H18N2O4S/c1-10-8-12(9-15-16(21)19(3)18(24)25-15)11(2)20(10)14-7-5-4-6-13(14)17(22)23/h4-9,16,21H,1-3H3,(H,22,23)/b15-9-. The molecule has 25 heavy (non-hydrogen) atoms. The van der Waals surface area contributed by atoms with Crippen molar-refractivity contribution in [2.24, 2.45) is 0 Å². The molecule has 1 saturated heterocycles. The van der Waals surface area contributed by atoms with E-state index in [1.807, 2.05) is 24.5 Å². The molecule has 1 aliphatic rings. The van der Waals surface area contributed by atoms with Crippen LogP contribution in [0.15, 0.2) is 35.2 Å². The number of carboxylic acids is 1. The number of hydrogen-bond donors (Lipinski definition) is 2. The number of thioether (sulfide) groups is 1. The number of aromatic nitrogens is 1. The van der Waals surface area contributed by atoms with Gasteiger partial charge in [0.1, 0.15) is 0 Å². The third-order valence-corrected chi connectivity index (χ3v) is 5.28. The predicted molar refractivity (Wildman–Crippen MR) is 96.9 cm³/mol. The number of likely N-dealkylation sites (N-methyl/N-ethyl adjacent to an activating group) is 1. The van der Waals surface area contributed by atoms with Crippen LogP contribution in [0.5, 0.6) is 0 Å². The van der Waals surface area contributed by atoms with Gasteiger partial charge in [-0.05, 0) is 55.4 Å². The molecule has 6 nitrogen and oxygen atoms in total. The molecule has 2 N–H and O–H groups in total. The third kappa shape index (κ3) is 2.96. The number of aliphatic hydroxyl groups excluding tert-OH is 1. The number of rotatable bonds is 3. The molecule has 1 aliphatic heterocycles. The molecule has 7 heteroatoms. The maximum atomic E-state index is 11.7. The number of aliphatic hydroxyl groups is 1. The summed E-state index contributed by atoms with van der Waals surface area (Å²) >= 11 is 0.999. The molecular weight excluding hydrogens is 340 g/mol. The van der Waals surface area contributed by atoms with Crippen LogP contribution in [0.3, 0.4) is 0 Å². The van der Waals surface area contributed by atoms with Crippen molar-refractivity contribution in [3.05, 3.63) is 57.8 Å². The van der Waals surface area contributed by atoms with Gasteiger partial charge >= 0.3 is 5.97 Å². The number of para-hydroxylation sites is 1. The lowest BCUT2D eigenvalue weighted by molar-refractivity contribution is 0.0696. The Labute approximate surface area is 149 Å². The number of carboxylic acid groups (broad SMARTS) is 1. The zero-order chi connectivity index (χ0) is 18.3. The van der Waals surface area contributed by atoms with Crippen molar-refractivity contribution in [1.29, 1.82) is 0 Å². The molecule has 2 heterocycles. The molecule has 130 valence electrons. The maximum Gasteiger partial charge on any atom is 0.337 e. The molecule has 0 radical (unpaired) electrons. The van der Waals surface area contributed by atoms with Gasteiger partial charge in [0.2, 0.25) is 0 Å². The van der Waals surface area contributed by atoms with Gasteiger partial charge < -0.3 is 19.7 Å². The van der Waals surface area contributed by atoms with Gasteiger partial charge in [0.15, 0.2) is 6.23 Å². The van der Waals surface area contributed by atoms with Crippen LogP contribution in [-0.2, 0) is 0 Å². The first-order chi connectivity index (χ1) is 11.8. The molecule has 3 rings (SSSR count). The molecule has 1 aromatic carbocycles. The lowest BCUT2D eigenvalue weighted by Gasteiger charge is -2.13. The Hall–Kier alpha value is -2.51. The fraction of sp³-hybridized carbons (Fsp3) is 0.222. The highest BCUT2D eigenvalue weighted by atomic mass is 32.2. The zero-order valence-corrected chi connectivity index (χ0v) is 14.9. The second-order valence-electron chi connectivity index (χ2n) is 5.88. The largest absolute Gasteiger partial charge is 0.478 e. The van der Waals surface area contributed by atoms with E-state index in [1.165, 1.54) is 4.90 Å². The van der Waals surface area contributed by atoms with Crippen molar-refractivity contribution in [2.75, 3.05) is 7.05 Å². The monoisotopic (exact) mass is 358 g/mol. The van der Waals surface area contributed by atoms with Crippen LogP contribution in [0, 0.1) is 13.8 Å². The summed E-state index contributed by atoms with van der Waals surface area (Å²) in [6, 6.07) is 8.73. The minimum absolute atomic E-state index is 0.205. The molecule has 1 atom stereocenters. The molecule has 0 saturated carbocycles. The molecule has 1 unspecified atom stereocenters. The van der Waals surface area contributed by atoms with Gasteiger partial charge in [0.05, 0.1) is 11.3 Å². The number of aromatic carboxylic acids is 1. The fourth-order valence-corrected chi connectivity index (χ4v) is 3.82. The smallest absolute Gasteiger partial charge is 0.337 e. The average molecular weight is 358 g/mol.